The molecule has 21 heavy (non-hydrogen) atoms. The van der Waals surface area contributed by atoms with Crippen molar-refractivity contribution in [1.82, 2.24) is 9.97 Å². The first-order valence-electron chi connectivity index (χ1n) is 7.47. The molecule has 0 fully saturated rings. The van der Waals surface area contributed by atoms with Crippen LogP contribution in [0.4, 0.5) is 0 Å². The molecule has 1 aliphatic heterocycles. The van der Waals surface area contributed by atoms with Gasteiger partial charge in [-0.15, -0.1) is 0 Å². The van der Waals surface area contributed by atoms with Crippen LogP contribution in [-0.2, 0) is 16.9 Å². The molecule has 0 spiro atoms. The molecular formula is C17H20N2S2. The number of nitrogens with one attached hydrogen (secondary N) is 1. The predicted molar refractivity (Wildman–Crippen MR) is 92.2 cm³/mol. The van der Waals surface area contributed by atoms with Gasteiger partial charge in [-0.1, -0.05) is 56.4 Å². The summed E-state index contributed by atoms with van der Waals surface area (Å²) in [6.45, 7) is 4.47. The van der Waals surface area contributed by atoms with Crippen LogP contribution in [0.15, 0.2) is 30.3 Å². The summed E-state index contributed by atoms with van der Waals surface area (Å²) in [5.74, 6) is 3.05. The lowest BCUT2D eigenvalue weighted by Crippen LogP contribution is -2.29. The van der Waals surface area contributed by atoms with Crippen LogP contribution in [0.3, 0.4) is 0 Å². The number of hydrogen-bond acceptors (Lipinski definition) is 3. The van der Waals surface area contributed by atoms with Crippen LogP contribution in [-0.4, -0.2) is 9.97 Å². The highest BCUT2D eigenvalue weighted by Crippen LogP contribution is 2.38. The predicted octanol–water partition coefficient (Wildman–Crippen LogP) is 4.99. The number of thioether (sulfide) groups is 1. The summed E-state index contributed by atoms with van der Waals surface area (Å²) >= 11 is 7.45. The molecule has 0 atom stereocenters. The van der Waals surface area contributed by atoms with Crippen molar-refractivity contribution in [2.75, 3.05) is 0 Å². The first-order chi connectivity index (χ1) is 10.2. The number of nitrogens with zero attached hydrogens (tertiary/aromatic N) is 1. The second-order valence-electron chi connectivity index (χ2n) is 5.50. The van der Waals surface area contributed by atoms with Gasteiger partial charge in [0.2, 0.25) is 0 Å². The van der Waals surface area contributed by atoms with Crippen LogP contribution in [0.25, 0.3) is 0 Å². The van der Waals surface area contributed by atoms with E-state index in [9.17, 15) is 0 Å². The average Bonchev–Trinajstić information content (AvgIpc) is 2.99. The molecule has 1 aromatic carbocycles. The lowest BCUT2D eigenvalue weighted by Gasteiger charge is -2.31. The Morgan fingerprint density at radius 1 is 1.19 bits per heavy atom. The quantitative estimate of drug-likeness (QED) is 0.805. The monoisotopic (exact) mass is 316 g/mol. The molecule has 0 bridgehead atoms. The minimum absolute atomic E-state index is 0.0723. The van der Waals surface area contributed by atoms with Crippen LogP contribution in [0.1, 0.15) is 49.3 Å². The van der Waals surface area contributed by atoms with E-state index in [0.29, 0.717) is 0 Å². The maximum absolute atomic E-state index is 5.54. The molecule has 2 aromatic rings. The number of rotatable bonds is 4. The van der Waals surface area contributed by atoms with Gasteiger partial charge in [0.15, 0.2) is 0 Å². The zero-order valence-electron chi connectivity index (χ0n) is 12.5. The van der Waals surface area contributed by atoms with Crippen molar-refractivity contribution < 1.29 is 0 Å². The van der Waals surface area contributed by atoms with E-state index in [0.717, 1.165) is 34.8 Å². The summed E-state index contributed by atoms with van der Waals surface area (Å²) in [4.78, 5) is 8.39. The summed E-state index contributed by atoms with van der Waals surface area (Å²) in [6, 6.07) is 10.7. The van der Waals surface area contributed by atoms with Gasteiger partial charge in [-0.3, -0.25) is 0 Å². The van der Waals surface area contributed by atoms with Gasteiger partial charge in [-0.25, -0.2) is 4.98 Å². The molecule has 1 aliphatic rings. The van der Waals surface area contributed by atoms with E-state index in [1.807, 2.05) is 11.8 Å². The third-order valence-corrected chi connectivity index (χ3v) is 5.91. The van der Waals surface area contributed by atoms with Gasteiger partial charge in [0.1, 0.15) is 10.5 Å². The molecule has 4 heteroatoms. The minimum Gasteiger partial charge on any atom is -0.345 e. The molecule has 2 heterocycles. The molecule has 0 saturated carbocycles. The van der Waals surface area contributed by atoms with Gasteiger partial charge >= 0.3 is 0 Å². The van der Waals surface area contributed by atoms with Crippen LogP contribution < -0.4 is 0 Å². The summed E-state index contributed by atoms with van der Waals surface area (Å²) in [5, 5.41) is 0. The molecule has 0 saturated heterocycles. The third-order valence-electron chi connectivity index (χ3n) is 4.58. The van der Waals surface area contributed by atoms with Crippen molar-refractivity contribution in [2.24, 2.45) is 0 Å². The summed E-state index contributed by atoms with van der Waals surface area (Å²) in [6.07, 6.45) is 2.02. The largest absolute Gasteiger partial charge is 0.345 e. The van der Waals surface area contributed by atoms with Gasteiger partial charge in [0.25, 0.3) is 0 Å². The lowest BCUT2D eigenvalue weighted by atomic mass is 9.75. The SMILES string of the molecule is CCC(CC)(c1ccccc1)c1nc(=S)c2c([nH]1)CSC2. The average molecular weight is 316 g/mol. The molecule has 1 aromatic heterocycles. The number of fused-ring (bicyclic) bond motifs is 1. The van der Waals surface area contributed by atoms with E-state index < -0.39 is 0 Å². The van der Waals surface area contributed by atoms with Crippen molar-refractivity contribution in [3.63, 3.8) is 0 Å². The Hall–Kier alpha value is -1.13. The summed E-state index contributed by atoms with van der Waals surface area (Å²) < 4.78 is 0.783. The number of H-pyrrole nitrogens is 1. The number of benzene rings is 1. The zero-order chi connectivity index (χ0) is 14.9. The highest BCUT2D eigenvalue weighted by Gasteiger charge is 2.34. The van der Waals surface area contributed by atoms with E-state index in [2.05, 4.69) is 49.2 Å². The van der Waals surface area contributed by atoms with E-state index in [1.165, 1.54) is 16.8 Å². The zero-order valence-corrected chi connectivity index (χ0v) is 14.1. The van der Waals surface area contributed by atoms with Gasteiger partial charge < -0.3 is 4.98 Å². The molecule has 0 unspecified atom stereocenters. The fraction of sp³-hybridized carbons (Fsp3) is 0.412. The Kier molecular flexibility index (Phi) is 4.18. The Balaban J connectivity index is 2.19. The van der Waals surface area contributed by atoms with Gasteiger partial charge in [0.05, 0.1) is 5.41 Å². The molecule has 2 nitrogen and oxygen atoms in total. The van der Waals surface area contributed by atoms with Gasteiger partial charge in [-0.2, -0.15) is 11.8 Å². The molecular weight excluding hydrogens is 296 g/mol. The molecule has 0 radical (unpaired) electrons. The number of aromatic amines is 1. The number of aromatic nitrogens is 2. The van der Waals surface area contributed by atoms with Crippen molar-refractivity contribution in [1.29, 1.82) is 0 Å². The van der Waals surface area contributed by atoms with Crippen molar-refractivity contribution in [3.05, 3.63) is 57.6 Å². The van der Waals surface area contributed by atoms with E-state index in [-0.39, 0.29) is 5.41 Å². The Bertz CT molecular complexity index is 688. The normalized spacial score (nSPS) is 14.2. The lowest BCUT2D eigenvalue weighted by molar-refractivity contribution is 0.447. The molecule has 1 N–H and O–H groups in total. The highest BCUT2D eigenvalue weighted by atomic mass is 32.2. The second kappa shape index (κ2) is 5.93. The van der Waals surface area contributed by atoms with Gasteiger partial charge in [0, 0.05) is 22.8 Å². The van der Waals surface area contributed by atoms with Crippen LogP contribution in [0.2, 0.25) is 0 Å². The molecule has 110 valence electrons. The second-order valence-corrected chi connectivity index (χ2v) is 6.87. The van der Waals surface area contributed by atoms with Crippen molar-refractivity contribution in [3.8, 4) is 0 Å². The molecule has 0 aliphatic carbocycles. The fourth-order valence-corrected chi connectivity index (χ4v) is 4.63. The third kappa shape index (κ3) is 2.44. The van der Waals surface area contributed by atoms with Gasteiger partial charge in [-0.05, 0) is 18.4 Å². The molecule has 3 rings (SSSR count). The van der Waals surface area contributed by atoms with E-state index in [4.69, 9.17) is 17.2 Å². The Morgan fingerprint density at radius 3 is 2.57 bits per heavy atom. The summed E-state index contributed by atoms with van der Waals surface area (Å²) in [7, 11) is 0. The first-order valence-corrected chi connectivity index (χ1v) is 9.03. The van der Waals surface area contributed by atoms with Crippen LogP contribution >= 0.6 is 24.0 Å². The smallest absolute Gasteiger partial charge is 0.134 e. The van der Waals surface area contributed by atoms with E-state index >= 15 is 0 Å². The maximum atomic E-state index is 5.54. The number of hydrogen-bond donors (Lipinski definition) is 1. The minimum atomic E-state index is -0.0723. The van der Waals surface area contributed by atoms with E-state index in [1.54, 1.807) is 0 Å². The summed E-state index contributed by atoms with van der Waals surface area (Å²) in [5.41, 5.74) is 3.75. The molecule has 0 amide bonds. The highest BCUT2D eigenvalue weighted by molar-refractivity contribution is 7.98. The topological polar surface area (TPSA) is 28.7 Å². The first kappa shape index (κ1) is 14.8. The van der Waals surface area contributed by atoms with Crippen molar-refractivity contribution in [2.45, 2.75) is 43.6 Å². The Labute approximate surface area is 135 Å². The fourth-order valence-electron chi connectivity index (χ4n) is 3.19. The van der Waals surface area contributed by atoms with Crippen LogP contribution in [0, 0.1) is 4.64 Å². The standard InChI is InChI=1S/C17H20N2S2/c1-3-17(4-2,12-8-6-5-7-9-12)16-18-14-11-21-10-13(14)15(20)19-16/h5-9H,3-4,10-11H2,1-2H3,(H,18,19,20). The van der Waals surface area contributed by atoms with Crippen LogP contribution in [0.5, 0.6) is 0 Å². The van der Waals surface area contributed by atoms with Crippen molar-refractivity contribution >= 4 is 24.0 Å². The Morgan fingerprint density at radius 2 is 1.90 bits per heavy atom. The maximum Gasteiger partial charge on any atom is 0.134 e.